The fraction of sp³-hybridized carbons (Fsp3) is 0.250. The number of carbonyl (C=O) groups excluding carboxylic acids is 1. The van der Waals surface area contributed by atoms with Crippen molar-refractivity contribution in [3.63, 3.8) is 0 Å². The molecule has 0 aliphatic carbocycles. The normalized spacial score (nSPS) is 19.7. The van der Waals surface area contributed by atoms with E-state index >= 15 is 0 Å². The summed E-state index contributed by atoms with van der Waals surface area (Å²) in [6.45, 7) is 3.71. The molecule has 3 heteroatoms. The van der Waals surface area contributed by atoms with Crippen LogP contribution in [0.1, 0.15) is 12.5 Å². The van der Waals surface area contributed by atoms with Gasteiger partial charge >= 0.3 is 5.97 Å². The van der Waals surface area contributed by atoms with Gasteiger partial charge in [0.15, 0.2) is 0 Å². The number of aryl methyl sites for hydroxylation is 1. The summed E-state index contributed by atoms with van der Waals surface area (Å²) in [7, 11) is 0. The minimum Gasteiger partial charge on any atom is -0.451 e. The number of hydrogen-bond acceptors (Lipinski definition) is 3. The Morgan fingerprint density at radius 3 is 2.40 bits per heavy atom. The molecule has 78 valence electrons. The Bertz CT molecular complexity index is 403. The molecule has 15 heavy (non-hydrogen) atoms. The number of carbonyl (C=O) groups is 1. The second-order valence-corrected chi connectivity index (χ2v) is 3.55. The minimum absolute atomic E-state index is 0.313. The fourth-order valence-electron chi connectivity index (χ4n) is 1.31. The Balaban J connectivity index is 2.05. The van der Waals surface area contributed by atoms with Crippen molar-refractivity contribution in [2.75, 3.05) is 0 Å². The van der Waals surface area contributed by atoms with Crippen LogP contribution in [0, 0.1) is 6.92 Å². The van der Waals surface area contributed by atoms with Crippen molar-refractivity contribution in [1.82, 2.24) is 0 Å². The van der Waals surface area contributed by atoms with E-state index in [9.17, 15) is 4.79 Å². The van der Waals surface area contributed by atoms with Crippen LogP contribution in [0.2, 0.25) is 0 Å². The summed E-state index contributed by atoms with van der Waals surface area (Å²) in [5.41, 5.74) is 1.75. The van der Waals surface area contributed by atoms with E-state index in [1.807, 2.05) is 31.2 Å². The Morgan fingerprint density at radius 2 is 1.87 bits per heavy atom. The molecule has 0 amide bonds. The SMILES string of the molecule is CC1=CC(Oc2ccc(C)cc2)OC1=O. The maximum atomic E-state index is 11.1. The van der Waals surface area contributed by atoms with Crippen LogP contribution in [0.15, 0.2) is 35.9 Å². The molecular formula is C12H12O3. The summed E-state index contributed by atoms with van der Waals surface area (Å²) in [5, 5.41) is 0. The third-order valence-corrected chi connectivity index (χ3v) is 2.20. The zero-order valence-electron chi connectivity index (χ0n) is 8.69. The molecule has 1 aliphatic rings. The first-order valence-electron chi connectivity index (χ1n) is 4.78. The first-order valence-corrected chi connectivity index (χ1v) is 4.78. The Hall–Kier alpha value is -1.77. The molecule has 1 aromatic rings. The highest BCUT2D eigenvalue weighted by Crippen LogP contribution is 2.19. The lowest BCUT2D eigenvalue weighted by Gasteiger charge is -2.11. The van der Waals surface area contributed by atoms with Gasteiger partial charge in [-0.1, -0.05) is 17.7 Å². The van der Waals surface area contributed by atoms with Gasteiger partial charge in [0.25, 0.3) is 6.29 Å². The minimum atomic E-state index is -0.583. The van der Waals surface area contributed by atoms with E-state index in [4.69, 9.17) is 9.47 Å². The fourth-order valence-corrected chi connectivity index (χ4v) is 1.31. The van der Waals surface area contributed by atoms with Crippen LogP contribution in [0.5, 0.6) is 5.75 Å². The zero-order chi connectivity index (χ0) is 10.8. The predicted octanol–water partition coefficient (Wildman–Crippen LogP) is 2.20. The largest absolute Gasteiger partial charge is 0.451 e. The van der Waals surface area contributed by atoms with E-state index < -0.39 is 6.29 Å². The first-order chi connectivity index (χ1) is 7.15. The molecule has 0 saturated heterocycles. The highest BCUT2D eigenvalue weighted by Gasteiger charge is 2.23. The van der Waals surface area contributed by atoms with Gasteiger partial charge in [-0.15, -0.1) is 0 Å². The molecule has 0 saturated carbocycles. The molecule has 1 heterocycles. The van der Waals surface area contributed by atoms with Gasteiger partial charge < -0.3 is 9.47 Å². The summed E-state index contributed by atoms with van der Waals surface area (Å²) in [6, 6.07) is 7.60. The van der Waals surface area contributed by atoms with Crippen molar-refractivity contribution in [1.29, 1.82) is 0 Å². The number of ether oxygens (including phenoxy) is 2. The molecule has 0 radical (unpaired) electrons. The van der Waals surface area contributed by atoms with Gasteiger partial charge in [0.05, 0.1) is 0 Å². The van der Waals surface area contributed by atoms with Gasteiger partial charge in [-0.25, -0.2) is 4.79 Å². The summed E-state index contributed by atoms with van der Waals surface area (Å²) >= 11 is 0. The molecule has 0 N–H and O–H groups in total. The average Bonchev–Trinajstić information content (AvgIpc) is 2.50. The highest BCUT2D eigenvalue weighted by atomic mass is 16.7. The van der Waals surface area contributed by atoms with Crippen molar-refractivity contribution >= 4 is 5.97 Å². The number of cyclic esters (lactones) is 1. The lowest BCUT2D eigenvalue weighted by Crippen LogP contribution is -2.15. The first kappa shape index (κ1) is 9.77. The Kier molecular flexibility index (Phi) is 2.46. The van der Waals surface area contributed by atoms with E-state index in [2.05, 4.69) is 0 Å². The third-order valence-electron chi connectivity index (χ3n) is 2.20. The molecule has 1 aromatic carbocycles. The molecule has 0 bridgehead atoms. The summed E-state index contributed by atoms with van der Waals surface area (Å²) in [6.07, 6.45) is 1.09. The van der Waals surface area contributed by atoms with Crippen LogP contribution < -0.4 is 4.74 Å². The molecule has 1 unspecified atom stereocenters. The van der Waals surface area contributed by atoms with Crippen LogP contribution >= 0.6 is 0 Å². The number of rotatable bonds is 2. The van der Waals surface area contributed by atoms with Gasteiger partial charge in [-0.05, 0) is 26.0 Å². The van der Waals surface area contributed by atoms with Gasteiger partial charge in [-0.3, -0.25) is 0 Å². The zero-order valence-corrected chi connectivity index (χ0v) is 8.69. The molecule has 1 aliphatic heterocycles. The van der Waals surface area contributed by atoms with Crippen molar-refractivity contribution in [2.24, 2.45) is 0 Å². The van der Waals surface area contributed by atoms with Gasteiger partial charge in [0.2, 0.25) is 0 Å². The molecule has 2 rings (SSSR count). The molecule has 0 aromatic heterocycles. The smallest absolute Gasteiger partial charge is 0.336 e. The van der Waals surface area contributed by atoms with E-state index in [-0.39, 0.29) is 5.97 Å². The van der Waals surface area contributed by atoms with Crippen LogP contribution in [-0.4, -0.2) is 12.3 Å². The van der Waals surface area contributed by atoms with Crippen molar-refractivity contribution < 1.29 is 14.3 Å². The summed E-state index contributed by atoms with van der Waals surface area (Å²) in [4.78, 5) is 11.1. The summed E-state index contributed by atoms with van der Waals surface area (Å²) in [5.74, 6) is 0.386. The van der Waals surface area contributed by atoms with Gasteiger partial charge in [0, 0.05) is 11.6 Å². The van der Waals surface area contributed by atoms with Crippen LogP contribution in [0.4, 0.5) is 0 Å². The van der Waals surface area contributed by atoms with Crippen molar-refractivity contribution in [3.8, 4) is 5.75 Å². The lowest BCUT2D eigenvalue weighted by molar-refractivity contribution is -0.148. The quantitative estimate of drug-likeness (QED) is 0.693. The Labute approximate surface area is 88.3 Å². The Morgan fingerprint density at radius 1 is 1.20 bits per heavy atom. The maximum absolute atomic E-state index is 11.1. The number of benzene rings is 1. The number of hydrogen-bond donors (Lipinski definition) is 0. The highest BCUT2D eigenvalue weighted by molar-refractivity contribution is 5.90. The van der Waals surface area contributed by atoms with Crippen molar-refractivity contribution in [2.45, 2.75) is 20.1 Å². The van der Waals surface area contributed by atoms with Gasteiger partial charge in [-0.2, -0.15) is 0 Å². The second-order valence-electron chi connectivity index (χ2n) is 3.55. The van der Waals surface area contributed by atoms with Crippen LogP contribution in [-0.2, 0) is 9.53 Å². The van der Waals surface area contributed by atoms with E-state index in [1.54, 1.807) is 13.0 Å². The number of esters is 1. The average molecular weight is 204 g/mol. The molecule has 3 nitrogen and oxygen atoms in total. The molecule has 1 atom stereocenters. The lowest BCUT2D eigenvalue weighted by atomic mass is 10.2. The van der Waals surface area contributed by atoms with E-state index in [0.29, 0.717) is 11.3 Å². The molecule has 0 fully saturated rings. The van der Waals surface area contributed by atoms with Crippen molar-refractivity contribution in [3.05, 3.63) is 41.5 Å². The van der Waals surface area contributed by atoms with Crippen LogP contribution in [0.25, 0.3) is 0 Å². The second kappa shape index (κ2) is 3.77. The van der Waals surface area contributed by atoms with Gasteiger partial charge in [0.1, 0.15) is 5.75 Å². The van der Waals surface area contributed by atoms with E-state index in [1.165, 1.54) is 0 Å². The summed E-state index contributed by atoms with van der Waals surface area (Å²) < 4.78 is 10.4. The maximum Gasteiger partial charge on any atom is 0.336 e. The molecule has 0 spiro atoms. The van der Waals surface area contributed by atoms with Crippen LogP contribution in [0.3, 0.4) is 0 Å². The standard InChI is InChI=1S/C12H12O3/c1-8-3-5-10(6-4-8)14-11-7-9(2)12(13)15-11/h3-7,11H,1-2H3. The predicted molar refractivity (Wildman–Crippen MR) is 55.4 cm³/mol. The third kappa shape index (κ3) is 2.18. The van der Waals surface area contributed by atoms with E-state index in [0.717, 1.165) is 5.56 Å². The monoisotopic (exact) mass is 204 g/mol. The topological polar surface area (TPSA) is 35.5 Å². The molecular weight excluding hydrogens is 192 g/mol.